The minimum absolute atomic E-state index is 0.272. The lowest BCUT2D eigenvalue weighted by molar-refractivity contribution is 0.102. The van der Waals surface area contributed by atoms with E-state index in [0.717, 1.165) is 18.9 Å². The first-order valence-corrected chi connectivity index (χ1v) is 8.82. The van der Waals surface area contributed by atoms with Crippen molar-refractivity contribution in [2.45, 2.75) is 0 Å². The molecule has 1 N–H and O–H groups in total. The SMILES string of the molecule is COc1cc(C(=O)Nc2ccc(N3CCOCC3)nc2)cc2c1OCCO2. The Morgan fingerprint density at radius 2 is 1.96 bits per heavy atom. The van der Waals surface area contributed by atoms with Crippen LogP contribution in [0.5, 0.6) is 17.2 Å². The van der Waals surface area contributed by atoms with Crippen molar-refractivity contribution >= 4 is 17.4 Å². The highest BCUT2D eigenvalue weighted by molar-refractivity contribution is 6.05. The number of rotatable bonds is 4. The number of nitrogens with zero attached hydrogens (tertiary/aromatic N) is 2. The van der Waals surface area contributed by atoms with Gasteiger partial charge in [0.05, 0.1) is 32.2 Å². The fourth-order valence-corrected chi connectivity index (χ4v) is 3.05. The highest BCUT2D eigenvalue weighted by Crippen LogP contribution is 2.40. The van der Waals surface area contributed by atoms with Crippen LogP contribution in [0.1, 0.15) is 10.4 Å². The van der Waals surface area contributed by atoms with Gasteiger partial charge in [0, 0.05) is 18.7 Å². The zero-order chi connectivity index (χ0) is 18.6. The van der Waals surface area contributed by atoms with Gasteiger partial charge in [-0.05, 0) is 24.3 Å². The molecule has 2 aromatic rings. The quantitative estimate of drug-likeness (QED) is 0.880. The van der Waals surface area contributed by atoms with Gasteiger partial charge in [0.25, 0.3) is 5.91 Å². The first-order valence-electron chi connectivity index (χ1n) is 8.82. The van der Waals surface area contributed by atoms with Crippen LogP contribution in [0.25, 0.3) is 0 Å². The number of pyridine rings is 1. The van der Waals surface area contributed by atoms with Crippen molar-refractivity contribution in [2.75, 3.05) is 56.8 Å². The van der Waals surface area contributed by atoms with Gasteiger partial charge >= 0.3 is 0 Å². The Kier molecular flexibility index (Phi) is 4.97. The van der Waals surface area contributed by atoms with Gasteiger partial charge < -0.3 is 29.2 Å². The molecule has 2 aliphatic heterocycles. The van der Waals surface area contributed by atoms with Gasteiger partial charge in [-0.25, -0.2) is 4.98 Å². The van der Waals surface area contributed by atoms with Gasteiger partial charge in [-0.15, -0.1) is 0 Å². The van der Waals surface area contributed by atoms with E-state index in [1.807, 2.05) is 12.1 Å². The third-order valence-corrected chi connectivity index (χ3v) is 4.43. The molecule has 0 radical (unpaired) electrons. The molecule has 1 saturated heterocycles. The van der Waals surface area contributed by atoms with E-state index in [0.29, 0.717) is 54.9 Å². The first kappa shape index (κ1) is 17.4. The van der Waals surface area contributed by atoms with Crippen LogP contribution in [0.4, 0.5) is 11.5 Å². The highest BCUT2D eigenvalue weighted by Gasteiger charge is 2.21. The van der Waals surface area contributed by atoms with Crippen LogP contribution in [-0.4, -0.2) is 57.5 Å². The van der Waals surface area contributed by atoms with Gasteiger partial charge in [-0.2, -0.15) is 0 Å². The monoisotopic (exact) mass is 371 g/mol. The Morgan fingerprint density at radius 1 is 1.15 bits per heavy atom. The minimum Gasteiger partial charge on any atom is -0.493 e. The Balaban J connectivity index is 1.49. The summed E-state index contributed by atoms with van der Waals surface area (Å²) in [6.45, 7) is 3.92. The maximum Gasteiger partial charge on any atom is 0.255 e. The average molecular weight is 371 g/mol. The molecular formula is C19H21N3O5. The van der Waals surface area contributed by atoms with Gasteiger partial charge in [0.1, 0.15) is 19.0 Å². The molecule has 1 aromatic heterocycles. The highest BCUT2D eigenvalue weighted by atomic mass is 16.6. The van der Waals surface area contributed by atoms with E-state index >= 15 is 0 Å². The molecule has 1 fully saturated rings. The number of ether oxygens (including phenoxy) is 4. The molecule has 8 nitrogen and oxygen atoms in total. The Morgan fingerprint density at radius 3 is 2.70 bits per heavy atom. The second-order valence-electron chi connectivity index (χ2n) is 6.16. The number of benzene rings is 1. The van der Waals surface area contributed by atoms with E-state index in [1.54, 1.807) is 18.3 Å². The van der Waals surface area contributed by atoms with E-state index in [-0.39, 0.29) is 5.91 Å². The lowest BCUT2D eigenvalue weighted by Crippen LogP contribution is -2.36. The van der Waals surface area contributed by atoms with Crippen molar-refractivity contribution in [2.24, 2.45) is 0 Å². The number of fused-ring (bicyclic) bond motifs is 1. The summed E-state index contributed by atoms with van der Waals surface area (Å²) < 4.78 is 21.8. The molecule has 0 saturated carbocycles. The molecule has 0 bridgehead atoms. The minimum atomic E-state index is -0.272. The molecule has 0 atom stereocenters. The molecule has 1 aromatic carbocycles. The van der Waals surface area contributed by atoms with Crippen molar-refractivity contribution < 1.29 is 23.7 Å². The number of aromatic nitrogens is 1. The predicted octanol–water partition coefficient (Wildman–Crippen LogP) is 1.95. The topological polar surface area (TPSA) is 82.2 Å². The van der Waals surface area contributed by atoms with Crippen molar-refractivity contribution in [3.8, 4) is 17.2 Å². The molecule has 2 aliphatic rings. The average Bonchev–Trinajstić information content (AvgIpc) is 2.74. The summed E-state index contributed by atoms with van der Waals surface area (Å²) in [6, 6.07) is 7.02. The zero-order valence-electron chi connectivity index (χ0n) is 15.1. The molecule has 3 heterocycles. The van der Waals surface area contributed by atoms with E-state index in [2.05, 4.69) is 15.2 Å². The van der Waals surface area contributed by atoms with Crippen LogP contribution in [-0.2, 0) is 4.74 Å². The fourth-order valence-electron chi connectivity index (χ4n) is 3.05. The number of nitrogens with one attached hydrogen (secondary N) is 1. The lowest BCUT2D eigenvalue weighted by Gasteiger charge is -2.27. The molecule has 8 heteroatoms. The van der Waals surface area contributed by atoms with Crippen molar-refractivity contribution in [3.05, 3.63) is 36.0 Å². The van der Waals surface area contributed by atoms with Gasteiger partial charge in [-0.1, -0.05) is 0 Å². The van der Waals surface area contributed by atoms with Crippen LogP contribution in [0, 0.1) is 0 Å². The van der Waals surface area contributed by atoms with Crippen LogP contribution in [0.15, 0.2) is 30.5 Å². The molecule has 142 valence electrons. The zero-order valence-corrected chi connectivity index (χ0v) is 15.1. The standard InChI is InChI=1S/C19H21N3O5/c1-24-15-10-13(11-16-18(15)27-9-8-26-16)19(23)21-14-2-3-17(20-12-14)22-4-6-25-7-5-22/h2-3,10-12H,4-9H2,1H3,(H,21,23). The smallest absolute Gasteiger partial charge is 0.255 e. The van der Waals surface area contributed by atoms with Crippen LogP contribution < -0.4 is 24.4 Å². The van der Waals surface area contributed by atoms with E-state index < -0.39 is 0 Å². The van der Waals surface area contributed by atoms with Gasteiger partial charge in [0.2, 0.25) is 5.75 Å². The number of amides is 1. The lowest BCUT2D eigenvalue weighted by atomic mass is 10.1. The Labute approximate surface area is 157 Å². The molecular weight excluding hydrogens is 350 g/mol. The van der Waals surface area contributed by atoms with Crippen LogP contribution in [0.2, 0.25) is 0 Å². The van der Waals surface area contributed by atoms with Crippen molar-refractivity contribution in [1.82, 2.24) is 4.98 Å². The molecule has 4 rings (SSSR count). The molecule has 27 heavy (non-hydrogen) atoms. The second kappa shape index (κ2) is 7.71. The molecule has 0 aliphatic carbocycles. The molecule has 1 amide bonds. The van der Waals surface area contributed by atoms with Gasteiger partial charge in [0.15, 0.2) is 11.5 Å². The van der Waals surface area contributed by atoms with E-state index in [9.17, 15) is 4.79 Å². The summed E-state index contributed by atoms with van der Waals surface area (Å²) in [5, 5.41) is 2.85. The van der Waals surface area contributed by atoms with E-state index in [4.69, 9.17) is 18.9 Å². The number of hydrogen-bond acceptors (Lipinski definition) is 7. The van der Waals surface area contributed by atoms with E-state index in [1.165, 1.54) is 7.11 Å². The maximum atomic E-state index is 12.6. The summed E-state index contributed by atoms with van der Waals surface area (Å²) in [5.74, 6) is 2.10. The first-order chi connectivity index (χ1) is 13.2. The van der Waals surface area contributed by atoms with Crippen LogP contribution in [0.3, 0.4) is 0 Å². The van der Waals surface area contributed by atoms with Crippen molar-refractivity contribution in [1.29, 1.82) is 0 Å². The Bertz CT molecular complexity index is 802. The number of anilines is 2. The maximum absolute atomic E-state index is 12.6. The number of carbonyl (C=O) groups is 1. The van der Waals surface area contributed by atoms with Gasteiger partial charge in [-0.3, -0.25) is 4.79 Å². The largest absolute Gasteiger partial charge is 0.493 e. The molecule has 0 spiro atoms. The van der Waals surface area contributed by atoms with Crippen molar-refractivity contribution in [3.63, 3.8) is 0 Å². The molecule has 0 unspecified atom stereocenters. The summed E-state index contributed by atoms with van der Waals surface area (Å²) >= 11 is 0. The normalized spacial score (nSPS) is 16.0. The second-order valence-corrected chi connectivity index (χ2v) is 6.16. The van der Waals surface area contributed by atoms with Crippen LogP contribution >= 0.6 is 0 Å². The summed E-state index contributed by atoms with van der Waals surface area (Å²) in [7, 11) is 1.53. The summed E-state index contributed by atoms with van der Waals surface area (Å²) in [5.41, 5.74) is 1.04. The number of carbonyl (C=O) groups excluding carboxylic acids is 1. The number of hydrogen-bond donors (Lipinski definition) is 1. The third-order valence-electron chi connectivity index (χ3n) is 4.43. The summed E-state index contributed by atoms with van der Waals surface area (Å²) in [6.07, 6.45) is 1.65. The Hall–Kier alpha value is -3.00. The third kappa shape index (κ3) is 3.75. The number of methoxy groups -OCH3 is 1. The predicted molar refractivity (Wildman–Crippen MR) is 99.2 cm³/mol. The number of morpholine rings is 1. The fraction of sp³-hybridized carbons (Fsp3) is 0.368. The summed E-state index contributed by atoms with van der Waals surface area (Å²) in [4.78, 5) is 19.2.